The fourth-order valence-electron chi connectivity index (χ4n) is 8.28. The van der Waals surface area contributed by atoms with Gasteiger partial charge < -0.3 is 30.6 Å². The zero-order valence-corrected chi connectivity index (χ0v) is 21.2. The highest BCUT2D eigenvalue weighted by atomic mass is 16.3. The van der Waals surface area contributed by atoms with Gasteiger partial charge in [0.2, 0.25) is 0 Å². The summed E-state index contributed by atoms with van der Waals surface area (Å²) < 4.78 is 0. The zero-order valence-electron chi connectivity index (χ0n) is 21.2. The molecule has 0 aliphatic heterocycles. The van der Waals surface area contributed by atoms with Crippen LogP contribution in [0, 0.1) is 34.5 Å². The molecule has 0 heterocycles. The van der Waals surface area contributed by atoms with E-state index >= 15 is 0 Å². The first kappa shape index (κ1) is 26.2. The number of hydrogen-bond acceptors (Lipinski definition) is 7. The van der Waals surface area contributed by atoms with Crippen LogP contribution >= 0.6 is 0 Å². The maximum Gasteiger partial charge on any atom is 0.159 e. The summed E-state index contributed by atoms with van der Waals surface area (Å²) in [6.07, 6.45) is 0.680. The van der Waals surface area contributed by atoms with E-state index in [0.29, 0.717) is 37.7 Å². The zero-order chi connectivity index (χ0) is 25.4. The second kappa shape index (κ2) is 8.35. The number of carbonyl (C=O) groups excluding carboxylic acids is 1. The standard InChI is InChI=1S/C27H44O7/c1-14(2)18(28)12-23(32)26(5,33)22-7-9-27(34)16-10-19(29)17-11-20(30)21(31)13-24(17,3)15(16)6-8-25(22,27)4/h10,14-15,17-18,20-23,28,30-34H,6-9,11-13H2,1-5H3/t15-,17-,18+,20-,21+,22-,23-,24+,25+,26+,27+/m0/s1. The van der Waals surface area contributed by atoms with Gasteiger partial charge in [0, 0.05) is 17.8 Å². The van der Waals surface area contributed by atoms with Crippen LogP contribution in [0.5, 0.6) is 0 Å². The highest BCUT2D eigenvalue weighted by Crippen LogP contribution is 2.68. The number of fused-ring (bicyclic) bond motifs is 5. The lowest BCUT2D eigenvalue weighted by Crippen LogP contribution is -2.63. The maximum absolute atomic E-state index is 13.3. The highest BCUT2D eigenvalue weighted by Gasteiger charge is 2.69. The molecule has 34 heavy (non-hydrogen) atoms. The second-order valence-electron chi connectivity index (χ2n) is 12.9. The third-order valence-electron chi connectivity index (χ3n) is 10.7. The van der Waals surface area contributed by atoms with Gasteiger partial charge in [-0.3, -0.25) is 4.79 Å². The van der Waals surface area contributed by atoms with Gasteiger partial charge >= 0.3 is 0 Å². The van der Waals surface area contributed by atoms with E-state index in [1.165, 1.54) is 0 Å². The van der Waals surface area contributed by atoms with Crippen molar-refractivity contribution in [1.82, 2.24) is 0 Å². The minimum atomic E-state index is -1.52. The summed E-state index contributed by atoms with van der Waals surface area (Å²) >= 11 is 0. The Kier molecular flexibility index (Phi) is 6.45. The lowest BCUT2D eigenvalue weighted by molar-refractivity contribution is -0.179. The second-order valence-corrected chi connectivity index (χ2v) is 12.9. The normalized spacial score (nSPS) is 47.8. The molecule has 11 atom stereocenters. The number of hydrogen-bond donors (Lipinski definition) is 6. The van der Waals surface area contributed by atoms with E-state index in [1.807, 2.05) is 27.7 Å². The molecule has 0 saturated heterocycles. The molecule has 0 aromatic rings. The van der Waals surface area contributed by atoms with Crippen LogP contribution in [0.2, 0.25) is 0 Å². The number of aliphatic hydroxyl groups excluding tert-OH is 4. The van der Waals surface area contributed by atoms with Crippen molar-refractivity contribution in [3.8, 4) is 0 Å². The number of carbonyl (C=O) groups is 1. The molecule has 7 heteroatoms. The van der Waals surface area contributed by atoms with E-state index in [-0.39, 0.29) is 36.4 Å². The maximum atomic E-state index is 13.3. The molecule has 194 valence electrons. The van der Waals surface area contributed by atoms with Crippen LogP contribution in [-0.2, 0) is 4.79 Å². The molecule has 3 saturated carbocycles. The summed E-state index contributed by atoms with van der Waals surface area (Å²) in [5.41, 5.74) is -3.41. The van der Waals surface area contributed by atoms with Crippen LogP contribution in [0.3, 0.4) is 0 Å². The van der Waals surface area contributed by atoms with Crippen molar-refractivity contribution < 1.29 is 35.4 Å². The summed E-state index contributed by atoms with van der Waals surface area (Å²) in [7, 11) is 0. The molecule has 7 nitrogen and oxygen atoms in total. The number of aliphatic hydroxyl groups is 6. The highest BCUT2D eigenvalue weighted by molar-refractivity contribution is 5.95. The molecular formula is C27H44O7. The Balaban J connectivity index is 1.68. The van der Waals surface area contributed by atoms with Crippen molar-refractivity contribution in [2.75, 3.05) is 0 Å². The third-order valence-corrected chi connectivity index (χ3v) is 10.7. The number of ketones is 1. The largest absolute Gasteiger partial charge is 0.393 e. The molecule has 4 aliphatic carbocycles. The summed E-state index contributed by atoms with van der Waals surface area (Å²) in [5, 5.41) is 65.7. The SMILES string of the molecule is CC(C)[C@H](O)C[C@H](O)[C@](C)(O)[C@H]1CC[C@@]2(O)C3=CC(=O)[C@@H]4C[C@H](O)[C@H](O)C[C@]4(C)[C@H]3CC[C@]12C. The molecule has 0 aromatic heterocycles. The molecule has 0 radical (unpaired) electrons. The van der Waals surface area contributed by atoms with Crippen LogP contribution in [0.4, 0.5) is 0 Å². The molecular weight excluding hydrogens is 436 g/mol. The molecule has 6 N–H and O–H groups in total. The van der Waals surface area contributed by atoms with Gasteiger partial charge in [-0.15, -0.1) is 0 Å². The minimum absolute atomic E-state index is 0.0477. The average molecular weight is 481 g/mol. The van der Waals surface area contributed by atoms with E-state index < -0.39 is 52.4 Å². The lowest BCUT2D eigenvalue weighted by Gasteiger charge is -2.60. The summed E-state index contributed by atoms with van der Waals surface area (Å²) in [6, 6.07) is 0. The van der Waals surface area contributed by atoms with Gasteiger partial charge in [-0.2, -0.15) is 0 Å². The van der Waals surface area contributed by atoms with Crippen molar-refractivity contribution in [3.05, 3.63) is 11.6 Å². The monoisotopic (exact) mass is 480 g/mol. The smallest absolute Gasteiger partial charge is 0.159 e. The fraction of sp³-hybridized carbons (Fsp3) is 0.889. The Morgan fingerprint density at radius 1 is 1.09 bits per heavy atom. The minimum Gasteiger partial charge on any atom is -0.393 e. The Labute approximate surface area is 202 Å². The Morgan fingerprint density at radius 2 is 1.74 bits per heavy atom. The van der Waals surface area contributed by atoms with Gasteiger partial charge in [0.1, 0.15) is 0 Å². The van der Waals surface area contributed by atoms with E-state index in [4.69, 9.17) is 0 Å². The predicted octanol–water partition coefficient (Wildman–Crippen LogP) is 1.71. The predicted molar refractivity (Wildman–Crippen MR) is 127 cm³/mol. The molecule has 0 unspecified atom stereocenters. The van der Waals surface area contributed by atoms with Crippen molar-refractivity contribution in [2.24, 2.45) is 34.5 Å². The Hall–Kier alpha value is -0.830. The first-order valence-corrected chi connectivity index (χ1v) is 13.0. The average Bonchev–Trinajstić information content (AvgIpc) is 3.02. The van der Waals surface area contributed by atoms with Gasteiger partial charge in [-0.05, 0) is 80.3 Å². The first-order chi connectivity index (χ1) is 15.6. The molecule has 0 spiro atoms. The lowest BCUT2D eigenvalue weighted by atomic mass is 9.45. The summed E-state index contributed by atoms with van der Waals surface area (Å²) in [6.45, 7) is 9.30. The van der Waals surface area contributed by atoms with Crippen LogP contribution in [-0.4, -0.2) is 72.0 Å². The van der Waals surface area contributed by atoms with Crippen molar-refractivity contribution >= 4 is 5.78 Å². The van der Waals surface area contributed by atoms with Crippen molar-refractivity contribution in [1.29, 1.82) is 0 Å². The summed E-state index contributed by atoms with van der Waals surface area (Å²) in [4.78, 5) is 13.3. The molecule has 0 amide bonds. The number of rotatable bonds is 5. The Morgan fingerprint density at radius 3 is 2.35 bits per heavy atom. The van der Waals surface area contributed by atoms with Gasteiger partial charge in [0.25, 0.3) is 0 Å². The van der Waals surface area contributed by atoms with Crippen molar-refractivity contribution in [2.45, 2.75) is 115 Å². The quantitative estimate of drug-likeness (QED) is 0.352. The van der Waals surface area contributed by atoms with Crippen LogP contribution < -0.4 is 0 Å². The summed E-state index contributed by atoms with van der Waals surface area (Å²) in [5.74, 6) is -1.04. The molecule has 3 fully saturated rings. The van der Waals surface area contributed by atoms with E-state index in [2.05, 4.69) is 0 Å². The van der Waals surface area contributed by atoms with Crippen LogP contribution in [0.1, 0.15) is 79.6 Å². The number of allylic oxidation sites excluding steroid dienone is 1. The van der Waals surface area contributed by atoms with E-state index in [1.54, 1.807) is 13.0 Å². The molecule has 4 aliphatic rings. The van der Waals surface area contributed by atoms with Gasteiger partial charge in [-0.1, -0.05) is 27.7 Å². The van der Waals surface area contributed by atoms with E-state index in [9.17, 15) is 35.4 Å². The van der Waals surface area contributed by atoms with Crippen LogP contribution in [0.25, 0.3) is 0 Å². The van der Waals surface area contributed by atoms with Gasteiger partial charge in [0.15, 0.2) is 5.78 Å². The van der Waals surface area contributed by atoms with Crippen LogP contribution in [0.15, 0.2) is 11.6 Å². The fourth-order valence-corrected chi connectivity index (χ4v) is 8.28. The Bertz CT molecular complexity index is 852. The van der Waals surface area contributed by atoms with Crippen molar-refractivity contribution in [3.63, 3.8) is 0 Å². The molecule has 0 bridgehead atoms. The first-order valence-electron chi connectivity index (χ1n) is 13.0. The third kappa shape index (κ3) is 3.57. The molecule has 4 rings (SSSR count). The van der Waals surface area contributed by atoms with Gasteiger partial charge in [0.05, 0.1) is 35.6 Å². The molecule has 0 aromatic carbocycles. The van der Waals surface area contributed by atoms with E-state index in [0.717, 1.165) is 0 Å². The topological polar surface area (TPSA) is 138 Å². The van der Waals surface area contributed by atoms with Gasteiger partial charge in [-0.25, -0.2) is 0 Å².